The Hall–Kier alpha value is -4.92. The summed E-state index contributed by atoms with van der Waals surface area (Å²) in [5.41, 5.74) is 2.81. The second-order valence-electron chi connectivity index (χ2n) is 7.71. The summed E-state index contributed by atoms with van der Waals surface area (Å²) in [4.78, 5) is 34.4. The van der Waals surface area contributed by atoms with Crippen LogP contribution >= 0.6 is 0 Å². The SMILES string of the molecule is Cc1noc2nc(-c3ccc(F)cc3)cc(C(=O)Nc3cccc(C(=O)Nc4ccccn4)c3)c12. The van der Waals surface area contributed by atoms with Crippen molar-refractivity contribution in [1.82, 2.24) is 15.1 Å². The maximum Gasteiger partial charge on any atom is 0.259 e. The van der Waals surface area contributed by atoms with Gasteiger partial charge in [0.05, 0.1) is 22.3 Å². The van der Waals surface area contributed by atoms with Crippen LogP contribution in [-0.2, 0) is 0 Å². The Morgan fingerprint density at radius 2 is 1.74 bits per heavy atom. The van der Waals surface area contributed by atoms with Crippen molar-refractivity contribution in [3.8, 4) is 11.3 Å². The molecule has 0 aliphatic carbocycles. The van der Waals surface area contributed by atoms with Crippen LogP contribution < -0.4 is 10.6 Å². The molecule has 0 unspecified atom stereocenters. The van der Waals surface area contributed by atoms with E-state index in [4.69, 9.17) is 4.52 Å². The topological polar surface area (TPSA) is 110 Å². The molecule has 0 saturated carbocycles. The van der Waals surface area contributed by atoms with Gasteiger partial charge in [0.2, 0.25) is 0 Å². The van der Waals surface area contributed by atoms with Crippen molar-refractivity contribution in [2.75, 3.05) is 10.6 Å². The zero-order valence-corrected chi connectivity index (χ0v) is 18.4. The Balaban J connectivity index is 1.45. The predicted octanol–water partition coefficient (Wildman–Crippen LogP) is 5.24. The second-order valence-corrected chi connectivity index (χ2v) is 7.71. The maximum absolute atomic E-state index is 13.4. The fourth-order valence-corrected chi connectivity index (χ4v) is 3.60. The van der Waals surface area contributed by atoms with Crippen LogP contribution in [0.1, 0.15) is 26.4 Å². The van der Waals surface area contributed by atoms with Gasteiger partial charge in [0.1, 0.15) is 11.6 Å². The van der Waals surface area contributed by atoms with Gasteiger partial charge in [0, 0.05) is 23.0 Å². The molecule has 2 N–H and O–H groups in total. The molecule has 3 aromatic heterocycles. The van der Waals surface area contributed by atoms with Gasteiger partial charge < -0.3 is 15.2 Å². The quantitative estimate of drug-likeness (QED) is 0.366. The predicted molar refractivity (Wildman–Crippen MR) is 129 cm³/mol. The molecule has 8 nitrogen and oxygen atoms in total. The number of halogens is 1. The van der Waals surface area contributed by atoms with Crippen LogP contribution in [0, 0.1) is 12.7 Å². The minimum atomic E-state index is -0.436. The number of fused-ring (bicyclic) bond motifs is 1. The molecule has 5 rings (SSSR count). The number of rotatable bonds is 5. The van der Waals surface area contributed by atoms with Gasteiger partial charge in [-0.05, 0) is 67.6 Å². The van der Waals surface area contributed by atoms with E-state index in [0.29, 0.717) is 39.4 Å². The zero-order chi connectivity index (χ0) is 24.4. The first-order valence-corrected chi connectivity index (χ1v) is 10.6. The van der Waals surface area contributed by atoms with Crippen molar-refractivity contribution in [3.05, 3.63) is 102 Å². The Morgan fingerprint density at radius 1 is 0.914 bits per heavy atom. The molecule has 3 heterocycles. The molecular weight excluding hydrogens is 449 g/mol. The molecule has 9 heteroatoms. The smallest absolute Gasteiger partial charge is 0.259 e. The Kier molecular flexibility index (Phi) is 5.72. The Bertz CT molecular complexity index is 1550. The summed E-state index contributed by atoms with van der Waals surface area (Å²) < 4.78 is 18.7. The van der Waals surface area contributed by atoms with Crippen LogP contribution in [0.5, 0.6) is 0 Å². The summed E-state index contributed by atoms with van der Waals surface area (Å²) in [7, 11) is 0. The monoisotopic (exact) mass is 467 g/mol. The molecule has 0 bridgehead atoms. The van der Waals surface area contributed by atoms with Gasteiger partial charge in [-0.2, -0.15) is 0 Å². The number of nitrogens with one attached hydrogen (secondary N) is 2. The normalized spacial score (nSPS) is 10.8. The average Bonchev–Trinajstić information content (AvgIpc) is 3.25. The summed E-state index contributed by atoms with van der Waals surface area (Å²) in [5.74, 6) is -0.758. The number of hydrogen-bond acceptors (Lipinski definition) is 6. The highest BCUT2D eigenvalue weighted by atomic mass is 19.1. The Morgan fingerprint density at radius 3 is 2.51 bits per heavy atom. The fraction of sp³-hybridized carbons (Fsp3) is 0.0385. The van der Waals surface area contributed by atoms with Crippen molar-refractivity contribution >= 4 is 34.4 Å². The number of carbonyl (C=O) groups excluding carboxylic acids is 2. The van der Waals surface area contributed by atoms with Crippen LogP contribution in [0.3, 0.4) is 0 Å². The Labute approximate surface area is 198 Å². The molecule has 0 saturated heterocycles. The van der Waals surface area contributed by atoms with E-state index in [9.17, 15) is 14.0 Å². The van der Waals surface area contributed by atoms with Crippen molar-refractivity contribution in [1.29, 1.82) is 0 Å². The third kappa shape index (κ3) is 4.60. The van der Waals surface area contributed by atoms with E-state index in [2.05, 4.69) is 25.8 Å². The zero-order valence-electron chi connectivity index (χ0n) is 18.4. The molecule has 35 heavy (non-hydrogen) atoms. The average molecular weight is 467 g/mol. The lowest BCUT2D eigenvalue weighted by molar-refractivity contribution is 0.101. The largest absolute Gasteiger partial charge is 0.335 e. The van der Waals surface area contributed by atoms with Gasteiger partial charge in [0.15, 0.2) is 0 Å². The van der Waals surface area contributed by atoms with Gasteiger partial charge >= 0.3 is 0 Å². The van der Waals surface area contributed by atoms with E-state index in [1.54, 1.807) is 73.8 Å². The van der Waals surface area contributed by atoms with Gasteiger partial charge in [-0.3, -0.25) is 9.59 Å². The van der Waals surface area contributed by atoms with Crippen LogP contribution in [-0.4, -0.2) is 26.9 Å². The number of amides is 2. The van der Waals surface area contributed by atoms with Crippen LogP contribution in [0.4, 0.5) is 15.9 Å². The summed E-state index contributed by atoms with van der Waals surface area (Å²) in [6, 6.07) is 19.1. The number of carbonyl (C=O) groups is 2. The van der Waals surface area contributed by atoms with Gasteiger partial charge in [0.25, 0.3) is 17.5 Å². The third-order valence-electron chi connectivity index (χ3n) is 5.29. The van der Waals surface area contributed by atoms with E-state index in [-0.39, 0.29) is 23.0 Å². The number of aryl methyl sites for hydroxylation is 1. The number of nitrogens with zero attached hydrogens (tertiary/aromatic N) is 3. The molecule has 172 valence electrons. The lowest BCUT2D eigenvalue weighted by Crippen LogP contribution is -2.15. The molecule has 2 amide bonds. The molecule has 0 aliphatic heterocycles. The van der Waals surface area contributed by atoms with Crippen molar-refractivity contribution in [3.63, 3.8) is 0 Å². The first-order chi connectivity index (χ1) is 17.0. The molecule has 0 atom stereocenters. The summed E-state index contributed by atoms with van der Waals surface area (Å²) in [6.07, 6.45) is 1.58. The number of hydrogen-bond donors (Lipinski definition) is 2. The van der Waals surface area contributed by atoms with E-state index < -0.39 is 5.91 Å². The van der Waals surface area contributed by atoms with E-state index in [1.807, 2.05) is 0 Å². The van der Waals surface area contributed by atoms with Crippen molar-refractivity contribution < 1.29 is 18.5 Å². The van der Waals surface area contributed by atoms with Crippen LogP contribution in [0.15, 0.2) is 83.5 Å². The second kappa shape index (κ2) is 9.14. The van der Waals surface area contributed by atoms with Crippen molar-refractivity contribution in [2.45, 2.75) is 6.92 Å². The lowest BCUT2D eigenvalue weighted by Gasteiger charge is -2.10. The van der Waals surface area contributed by atoms with Crippen LogP contribution in [0.2, 0.25) is 0 Å². The number of pyridine rings is 2. The minimum absolute atomic E-state index is 0.193. The molecule has 0 spiro atoms. The molecule has 0 fully saturated rings. The van der Waals surface area contributed by atoms with Gasteiger partial charge in [-0.25, -0.2) is 14.4 Å². The van der Waals surface area contributed by atoms with Gasteiger partial charge in [-0.15, -0.1) is 0 Å². The molecule has 0 radical (unpaired) electrons. The van der Waals surface area contributed by atoms with E-state index in [0.717, 1.165) is 0 Å². The third-order valence-corrected chi connectivity index (χ3v) is 5.29. The molecule has 0 aliphatic rings. The minimum Gasteiger partial charge on any atom is -0.335 e. The van der Waals surface area contributed by atoms with Gasteiger partial charge in [-0.1, -0.05) is 17.3 Å². The van der Waals surface area contributed by atoms with E-state index >= 15 is 0 Å². The highest BCUT2D eigenvalue weighted by molar-refractivity contribution is 6.13. The number of benzene rings is 2. The summed E-state index contributed by atoms with van der Waals surface area (Å²) in [5, 5.41) is 9.94. The molecule has 5 aromatic rings. The first-order valence-electron chi connectivity index (χ1n) is 10.6. The molecular formula is C26H18FN5O3. The van der Waals surface area contributed by atoms with E-state index in [1.165, 1.54) is 12.1 Å². The van der Waals surface area contributed by atoms with Crippen LogP contribution in [0.25, 0.3) is 22.4 Å². The standard InChI is InChI=1S/C26H18FN5O3/c1-15-23-20(14-21(30-26(23)35-32-15)16-8-10-18(27)11-9-16)25(34)29-19-6-4-5-17(13-19)24(33)31-22-7-2-3-12-28-22/h2-14H,1H3,(H,29,34)(H,28,31,33). The number of aromatic nitrogens is 3. The highest BCUT2D eigenvalue weighted by Crippen LogP contribution is 2.28. The van der Waals surface area contributed by atoms with Crippen molar-refractivity contribution in [2.24, 2.45) is 0 Å². The highest BCUT2D eigenvalue weighted by Gasteiger charge is 2.20. The summed E-state index contributed by atoms with van der Waals surface area (Å²) in [6.45, 7) is 1.71. The number of anilines is 2. The first kappa shape index (κ1) is 21.9. The summed E-state index contributed by atoms with van der Waals surface area (Å²) >= 11 is 0. The maximum atomic E-state index is 13.4. The molecule has 2 aromatic carbocycles. The lowest BCUT2D eigenvalue weighted by atomic mass is 10.0. The fourth-order valence-electron chi connectivity index (χ4n) is 3.60.